The molecule has 0 spiro atoms. The SMILES string of the molecule is C=CCCC(C)=C(C)CC. The van der Waals surface area contributed by atoms with Crippen LogP contribution in [-0.2, 0) is 0 Å². The van der Waals surface area contributed by atoms with E-state index in [9.17, 15) is 0 Å². The Morgan fingerprint density at radius 3 is 2.30 bits per heavy atom. The van der Waals surface area contributed by atoms with Crippen LogP contribution >= 0.6 is 0 Å². The van der Waals surface area contributed by atoms with Gasteiger partial charge in [0.2, 0.25) is 0 Å². The van der Waals surface area contributed by atoms with Crippen LogP contribution in [0.3, 0.4) is 0 Å². The first-order valence-corrected chi connectivity index (χ1v) is 3.98. The van der Waals surface area contributed by atoms with Gasteiger partial charge in [-0.05, 0) is 33.1 Å². The van der Waals surface area contributed by atoms with Crippen molar-refractivity contribution in [3.05, 3.63) is 23.8 Å². The van der Waals surface area contributed by atoms with E-state index in [4.69, 9.17) is 0 Å². The standard InChI is InChI=1S/C10H18/c1-5-7-8-10(4)9(3)6-2/h5H,1,6-8H2,2-4H3. The van der Waals surface area contributed by atoms with Crippen LogP contribution in [0.5, 0.6) is 0 Å². The monoisotopic (exact) mass is 138 g/mol. The molecule has 0 amide bonds. The Morgan fingerprint density at radius 2 is 1.90 bits per heavy atom. The molecule has 0 heteroatoms. The molecular formula is C10H18. The highest BCUT2D eigenvalue weighted by Gasteiger charge is 1.91. The van der Waals surface area contributed by atoms with Crippen molar-refractivity contribution < 1.29 is 0 Å². The molecule has 0 aliphatic carbocycles. The fourth-order valence-electron chi connectivity index (χ4n) is 0.834. The van der Waals surface area contributed by atoms with Gasteiger partial charge >= 0.3 is 0 Å². The summed E-state index contributed by atoms with van der Waals surface area (Å²) < 4.78 is 0. The topological polar surface area (TPSA) is 0 Å². The van der Waals surface area contributed by atoms with Crippen molar-refractivity contribution in [3.8, 4) is 0 Å². The maximum atomic E-state index is 3.70. The fourth-order valence-corrected chi connectivity index (χ4v) is 0.834. The summed E-state index contributed by atoms with van der Waals surface area (Å²) in [5.41, 5.74) is 3.06. The highest BCUT2D eigenvalue weighted by molar-refractivity contribution is 5.09. The maximum absolute atomic E-state index is 3.70. The van der Waals surface area contributed by atoms with Crippen molar-refractivity contribution in [3.63, 3.8) is 0 Å². The Bertz CT molecular complexity index is 129. The van der Waals surface area contributed by atoms with Gasteiger partial charge in [0.05, 0.1) is 0 Å². The van der Waals surface area contributed by atoms with Gasteiger partial charge < -0.3 is 0 Å². The van der Waals surface area contributed by atoms with Crippen LogP contribution in [-0.4, -0.2) is 0 Å². The molecule has 0 rings (SSSR count). The van der Waals surface area contributed by atoms with E-state index >= 15 is 0 Å². The summed E-state index contributed by atoms with van der Waals surface area (Å²) in [5.74, 6) is 0. The van der Waals surface area contributed by atoms with E-state index in [-0.39, 0.29) is 0 Å². The molecule has 0 radical (unpaired) electrons. The molecule has 0 aliphatic heterocycles. The van der Waals surface area contributed by atoms with Crippen molar-refractivity contribution in [2.75, 3.05) is 0 Å². The molecule has 0 fully saturated rings. The lowest BCUT2D eigenvalue weighted by Crippen LogP contribution is -1.81. The second-order valence-corrected chi connectivity index (χ2v) is 2.74. The molecule has 58 valence electrons. The number of allylic oxidation sites excluding steroid dienone is 3. The van der Waals surface area contributed by atoms with Gasteiger partial charge in [-0.2, -0.15) is 0 Å². The molecule has 10 heavy (non-hydrogen) atoms. The predicted octanol–water partition coefficient (Wildman–Crippen LogP) is 3.70. The highest BCUT2D eigenvalue weighted by Crippen LogP contribution is 2.12. The van der Waals surface area contributed by atoms with Gasteiger partial charge in [-0.3, -0.25) is 0 Å². The minimum Gasteiger partial charge on any atom is -0.103 e. The number of rotatable bonds is 4. The van der Waals surface area contributed by atoms with Gasteiger partial charge in [-0.25, -0.2) is 0 Å². The van der Waals surface area contributed by atoms with Gasteiger partial charge in [0.15, 0.2) is 0 Å². The Kier molecular flexibility index (Phi) is 5.00. The van der Waals surface area contributed by atoms with Gasteiger partial charge in [0.1, 0.15) is 0 Å². The van der Waals surface area contributed by atoms with E-state index in [0.717, 1.165) is 6.42 Å². The summed E-state index contributed by atoms with van der Waals surface area (Å²) in [4.78, 5) is 0. The summed E-state index contributed by atoms with van der Waals surface area (Å²) in [6.45, 7) is 10.3. The van der Waals surface area contributed by atoms with E-state index in [2.05, 4.69) is 27.4 Å². The smallest absolute Gasteiger partial charge is 0.0286 e. The third-order valence-corrected chi connectivity index (χ3v) is 1.98. The van der Waals surface area contributed by atoms with Crippen LogP contribution in [0.2, 0.25) is 0 Å². The van der Waals surface area contributed by atoms with Crippen molar-refractivity contribution >= 4 is 0 Å². The van der Waals surface area contributed by atoms with Crippen molar-refractivity contribution in [1.29, 1.82) is 0 Å². The lowest BCUT2D eigenvalue weighted by molar-refractivity contribution is 0.926. The minimum atomic E-state index is 1.11. The van der Waals surface area contributed by atoms with Crippen LogP contribution in [0.1, 0.15) is 40.0 Å². The van der Waals surface area contributed by atoms with E-state index in [1.165, 1.54) is 24.0 Å². The molecule has 0 saturated heterocycles. The second kappa shape index (κ2) is 5.28. The van der Waals surface area contributed by atoms with Gasteiger partial charge in [0, 0.05) is 0 Å². The van der Waals surface area contributed by atoms with Crippen molar-refractivity contribution in [2.45, 2.75) is 40.0 Å². The zero-order valence-corrected chi connectivity index (χ0v) is 7.41. The highest BCUT2D eigenvalue weighted by atomic mass is 14.0. The zero-order valence-electron chi connectivity index (χ0n) is 7.41. The minimum absolute atomic E-state index is 1.11. The Morgan fingerprint density at radius 1 is 1.30 bits per heavy atom. The Labute approximate surface area is 64.6 Å². The molecule has 0 aromatic rings. The van der Waals surface area contributed by atoms with Crippen molar-refractivity contribution in [1.82, 2.24) is 0 Å². The molecule has 0 unspecified atom stereocenters. The van der Waals surface area contributed by atoms with Crippen LogP contribution in [0.4, 0.5) is 0 Å². The number of hydrogen-bond donors (Lipinski definition) is 0. The van der Waals surface area contributed by atoms with E-state index < -0.39 is 0 Å². The lowest BCUT2D eigenvalue weighted by Gasteiger charge is -2.02. The zero-order chi connectivity index (χ0) is 7.98. The summed E-state index contributed by atoms with van der Waals surface area (Å²) in [7, 11) is 0. The van der Waals surface area contributed by atoms with Crippen LogP contribution < -0.4 is 0 Å². The summed E-state index contributed by atoms with van der Waals surface area (Å²) in [5, 5.41) is 0. The molecule has 0 aromatic carbocycles. The van der Waals surface area contributed by atoms with Crippen LogP contribution in [0, 0.1) is 0 Å². The maximum Gasteiger partial charge on any atom is -0.0286 e. The third kappa shape index (κ3) is 3.49. The predicted molar refractivity (Wildman–Crippen MR) is 48.1 cm³/mol. The molecule has 0 N–H and O–H groups in total. The van der Waals surface area contributed by atoms with Crippen molar-refractivity contribution in [2.24, 2.45) is 0 Å². The van der Waals surface area contributed by atoms with Gasteiger partial charge in [-0.15, -0.1) is 6.58 Å². The van der Waals surface area contributed by atoms with E-state index in [1.807, 2.05) is 6.08 Å². The Hall–Kier alpha value is -0.520. The average molecular weight is 138 g/mol. The molecule has 0 saturated carbocycles. The fraction of sp³-hybridized carbons (Fsp3) is 0.600. The van der Waals surface area contributed by atoms with E-state index in [1.54, 1.807) is 0 Å². The summed E-state index contributed by atoms with van der Waals surface area (Å²) in [6.07, 6.45) is 5.46. The number of hydrogen-bond acceptors (Lipinski definition) is 0. The molecule has 0 nitrogen and oxygen atoms in total. The largest absolute Gasteiger partial charge is 0.103 e. The Balaban J connectivity index is 3.79. The van der Waals surface area contributed by atoms with Crippen LogP contribution in [0.15, 0.2) is 23.8 Å². The van der Waals surface area contributed by atoms with Crippen LogP contribution in [0.25, 0.3) is 0 Å². The summed E-state index contributed by atoms with van der Waals surface area (Å²) in [6, 6.07) is 0. The molecule has 0 heterocycles. The summed E-state index contributed by atoms with van der Waals surface area (Å²) >= 11 is 0. The van der Waals surface area contributed by atoms with Gasteiger partial charge in [0.25, 0.3) is 0 Å². The average Bonchev–Trinajstić information content (AvgIpc) is 1.98. The quantitative estimate of drug-likeness (QED) is 0.520. The second-order valence-electron chi connectivity index (χ2n) is 2.74. The molecule has 0 bridgehead atoms. The normalized spacial score (nSPS) is 12.7. The molecule has 0 aliphatic rings. The third-order valence-electron chi connectivity index (χ3n) is 1.98. The first kappa shape index (κ1) is 9.48. The molecule has 0 atom stereocenters. The van der Waals surface area contributed by atoms with Gasteiger partial charge in [-0.1, -0.05) is 24.1 Å². The first-order valence-electron chi connectivity index (χ1n) is 3.98. The lowest BCUT2D eigenvalue weighted by atomic mass is 10.0. The molecular weight excluding hydrogens is 120 g/mol. The molecule has 0 aromatic heterocycles. The van der Waals surface area contributed by atoms with E-state index in [0.29, 0.717) is 0 Å². The first-order chi connectivity index (χ1) is 4.72.